The number of hydrogen-bond donors (Lipinski definition) is 2. The van der Waals surface area contributed by atoms with Crippen LogP contribution in [0.2, 0.25) is 0 Å². The molecule has 2 N–H and O–H groups in total. The van der Waals surface area contributed by atoms with Gasteiger partial charge in [-0.2, -0.15) is 0 Å². The smallest absolute Gasteiger partial charge is 0.325 e. The van der Waals surface area contributed by atoms with Gasteiger partial charge in [-0.1, -0.05) is 19.3 Å². The van der Waals surface area contributed by atoms with E-state index in [1.165, 1.54) is 0 Å². The van der Waals surface area contributed by atoms with Crippen molar-refractivity contribution in [2.75, 3.05) is 20.3 Å². The first-order valence-corrected chi connectivity index (χ1v) is 9.64. The van der Waals surface area contributed by atoms with Crippen molar-refractivity contribution in [3.63, 3.8) is 0 Å². The molecule has 0 unspecified atom stereocenters. The maximum Gasteiger partial charge on any atom is 0.325 e. The minimum Gasteiger partial charge on any atom is -0.497 e. The number of ether oxygens (including phenoxy) is 2. The second kappa shape index (κ2) is 8.50. The highest BCUT2D eigenvalue weighted by atomic mass is 16.5. The average molecular weight is 389 g/mol. The lowest BCUT2D eigenvalue weighted by Crippen LogP contribution is -2.49. The van der Waals surface area contributed by atoms with Crippen molar-refractivity contribution in [2.24, 2.45) is 0 Å². The Morgan fingerprint density at radius 3 is 2.46 bits per heavy atom. The van der Waals surface area contributed by atoms with Crippen LogP contribution in [-0.4, -0.2) is 54.6 Å². The second-order valence-corrected chi connectivity index (χ2v) is 7.42. The standard InChI is InChI=1S/C20H27N3O5/c1-14(13-28-16-8-6-15(27-2)7-9-16)21-17(24)12-23-18(25)20(22-19(23)26)10-4-3-5-11-20/h6-9,14H,3-5,10-13H2,1-2H3,(H,21,24)(H,22,26)/t14-/m0/s1. The summed E-state index contributed by atoms with van der Waals surface area (Å²) in [4.78, 5) is 38.3. The monoisotopic (exact) mass is 389 g/mol. The number of nitrogens with one attached hydrogen (secondary N) is 2. The van der Waals surface area contributed by atoms with Crippen molar-refractivity contribution in [2.45, 2.75) is 50.6 Å². The summed E-state index contributed by atoms with van der Waals surface area (Å²) in [5.41, 5.74) is -0.807. The van der Waals surface area contributed by atoms with Gasteiger partial charge in [0.05, 0.1) is 13.2 Å². The van der Waals surface area contributed by atoms with Crippen LogP contribution in [0.4, 0.5) is 4.79 Å². The zero-order valence-electron chi connectivity index (χ0n) is 16.3. The number of nitrogens with zero attached hydrogens (tertiary/aromatic N) is 1. The van der Waals surface area contributed by atoms with Crippen molar-refractivity contribution in [3.05, 3.63) is 24.3 Å². The molecule has 1 aromatic rings. The number of hydrogen-bond acceptors (Lipinski definition) is 5. The zero-order valence-corrected chi connectivity index (χ0v) is 16.3. The number of carbonyl (C=O) groups excluding carboxylic acids is 3. The lowest BCUT2D eigenvalue weighted by atomic mass is 9.82. The number of rotatable bonds is 7. The molecule has 8 nitrogen and oxygen atoms in total. The first-order chi connectivity index (χ1) is 13.4. The zero-order chi connectivity index (χ0) is 20.1. The van der Waals surface area contributed by atoms with E-state index >= 15 is 0 Å². The van der Waals surface area contributed by atoms with Crippen LogP contribution in [0.3, 0.4) is 0 Å². The number of carbonyl (C=O) groups is 3. The molecule has 1 saturated carbocycles. The Morgan fingerprint density at radius 2 is 1.82 bits per heavy atom. The number of amides is 4. The molecule has 1 atom stereocenters. The lowest BCUT2D eigenvalue weighted by molar-refractivity contribution is -0.136. The Labute approximate surface area is 164 Å². The Kier molecular flexibility index (Phi) is 6.06. The van der Waals surface area contributed by atoms with Crippen molar-refractivity contribution in [3.8, 4) is 11.5 Å². The van der Waals surface area contributed by atoms with E-state index in [9.17, 15) is 14.4 Å². The van der Waals surface area contributed by atoms with E-state index in [0.717, 1.165) is 29.9 Å². The summed E-state index contributed by atoms with van der Waals surface area (Å²) in [6.07, 6.45) is 4.16. The van der Waals surface area contributed by atoms with E-state index < -0.39 is 11.6 Å². The van der Waals surface area contributed by atoms with E-state index in [1.807, 2.05) is 0 Å². The summed E-state index contributed by atoms with van der Waals surface area (Å²) < 4.78 is 10.7. The Hall–Kier alpha value is -2.77. The van der Waals surface area contributed by atoms with Gasteiger partial charge >= 0.3 is 6.03 Å². The summed E-state index contributed by atoms with van der Waals surface area (Å²) in [5, 5.41) is 5.58. The van der Waals surface area contributed by atoms with Crippen molar-refractivity contribution >= 4 is 17.8 Å². The summed E-state index contributed by atoms with van der Waals surface area (Å²) in [7, 11) is 1.59. The minimum atomic E-state index is -0.807. The molecule has 1 spiro atoms. The topological polar surface area (TPSA) is 97.0 Å². The van der Waals surface area contributed by atoms with Gasteiger partial charge < -0.3 is 20.1 Å². The minimum absolute atomic E-state index is 0.266. The molecule has 1 heterocycles. The number of imide groups is 1. The number of methoxy groups -OCH3 is 1. The lowest BCUT2D eigenvalue weighted by Gasteiger charge is -2.30. The van der Waals surface area contributed by atoms with Gasteiger partial charge in [0.1, 0.15) is 30.2 Å². The molecule has 2 fully saturated rings. The summed E-state index contributed by atoms with van der Waals surface area (Å²) in [6, 6.07) is 6.38. The van der Waals surface area contributed by atoms with E-state index in [-0.39, 0.29) is 31.0 Å². The molecule has 28 heavy (non-hydrogen) atoms. The molecule has 4 amide bonds. The third-order valence-corrected chi connectivity index (χ3v) is 5.22. The number of benzene rings is 1. The molecule has 2 aliphatic rings. The van der Waals surface area contributed by atoms with Crippen LogP contribution in [0.15, 0.2) is 24.3 Å². The van der Waals surface area contributed by atoms with Gasteiger partial charge in [-0.25, -0.2) is 4.79 Å². The quantitative estimate of drug-likeness (QED) is 0.694. The second-order valence-electron chi connectivity index (χ2n) is 7.42. The Balaban J connectivity index is 1.47. The van der Waals surface area contributed by atoms with Crippen LogP contribution >= 0.6 is 0 Å². The normalized spacial score (nSPS) is 19.3. The van der Waals surface area contributed by atoms with Gasteiger partial charge in [-0.3, -0.25) is 14.5 Å². The van der Waals surface area contributed by atoms with E-state index in [4.69, 9.17) is 9.47 Å². The van der Waals surface area contributed by atoms with Crippen LogP contribution in [0.25, 0.3) is 0 Å². The van der Waals surface area contributed by atoms with Crippen molar-refractivity contribution < 1.29 is 23.9 Å². The fraction of sp³-hybridized carbons (Fsp3) is 0.550. The van der Waals surface area contributed by atoms with E-state index in [2.05, 4.69) is 10.6 Å². The highest BCUT2D eigenvalue weighted by Crippen LogP contribution is 2.33. The SMILES string of the molecule is COc1ccc(OC[C@H](C)NC(=O)CN2C(=O)NC3(CCCCC3)C2=O)cc1. The first kappa shape index (κ1) is 20.0. The first-order valence-electron chi connectivity index (χ1n) is 9.64. The molecule has 1 aromatic carbocycles. The van der Waals surface area contributed by atoms with Gasteiger partial charge in [0.15, 0.2) is 0 Å². The van der Waals surface area contributed by atoms with Crippen LogP contribution < -0.4 is 20.1 Å². The predicted molar refractivity (Wildman–Crippen MR) is 102 cm³/mol. The van der Waals surface area contributed by atoms with Gasteiger partial charge in [0.2, 0.25) is 5.91 Å². The predicted octanol–water partition coefficient (Wildman–Crippen LogP) is 1.83. The maximum atomic E-state index is 12.7. The summed E-state index contributed by atoms with van der Waals surface area (Å²) >= 11 is 0. The Bertz CT molecular complexity index is 728. The molecule has 3 rings (SSSR count). The molecule has 0 bridgehead atoms. The van der Waals surface area contributed by atoms with Gasteiger partial charge in [0.25, 0.3) is 5.91 Å². The maximum absolute atomic E-state index is 12.7. The van der Waals surface area contributed by atoms with E-state index in [1.54, 1.807) is 38.3 Å². The third-order valence-electron chi connectivity index (χ3n) is 5.22. The molecule has 152 valence electrons. The molecule has 1 saturated heterocycles. The fourth-order valence-corrected chi connectivity index (χ4v) is 3.71. The Morgan fingerprint density at radius 1 is 1.18 bits per heavy atom. The molecular weight excluding hydrogens is 362 g/mol. The molecule has 1 aliphatic carbocycles. The van der Waals surface area contributed by atoms with Crippen LogP contribution in [0.5, 0.6) is 11.5 Å². The summed E-state index contributed by atoms with van der Waals surface area (Å²) in [6.45, 7) is 1.79. The fourth-order valence-electron chi connectivity index (χ4n) is 3.71. The van der Waals surface area contributed by atoms with Crippen molar-refractivity contribution in [1.82, 2.24) is 15.5 Å². The molecule has 1 aliphatic heterocycles. The van der Waals surface area contributed by atoms with Gasteiger partial charge in [-0.15, -0.1) is 0 Å². The molecule has 0 radical (unpaired) electrons. The van der Waals surface area contributed by atoms with Crippen LogP contribution in [0, 0.1) is 0 Å². The van der Waals surface area contributed by atoms with Crippen molar-refractivity contribution in [1.29, 1.82) is 0 Å². The summed E-state index contributed by atoms with van der Waals surface area (Å²) in [5.74, 6) is 0.727. The average Bonchev–Trinajstić information content (AvgIpc) is 2.91. The van der Waals surface area contributed by atoms with Crippen LogP contribution in [-0.2, 0) is 9.59 Å². The highest BCUT2D eigenvalue weighted by Gasteiger charge is 2.51. The third kappa shape index (κ3) is 4.37. The molecular formula is C20H27N3O5. The molecule has 0 aromatic heterocycles. The van der Waals surface area contributed by atoms with Gasteiger partial charge in [0, 0.05) is 0 Å². The van der Waals surface area contributed by atoms with Gasteiger partial charge in [-0.05, 0) is 44.0 Å². The van der Waals surface area contributed by atoms with Crippen LogP contribution in [0.1, 0.15) is 39.0 Å². The van der Waals surface area contributed by atoms with E-state index in [0.29, 0.717) is 18.6 Å². The molecule has 8 heteroatoms. The number of urea groups is 1. The largest absolute Gasteiger partial charge is 0.497 e. The highest BCUT2D eigenvalue weighted by molar-refractivity contribution is 6.09.